The number of benzene rings is 2. The molecule has 0 atom stereocenters. The van der Waals surface area contributed by atoms with Crippen molar-refractivity contribution in [1.82, 2.24) is 0 Å². The monoisotopic (exact) mass is 260 g/mol. The molecule has 0 saturated carbocycles. The van der Waals surface area contributed by atoms with Gasteiger partial charge in [-0.15, -0.1) is 0 Å². The summed E-state index contributed by atoms with van der Waals surface area (Å²) in [6, 6.07) is 10.1. The highest BCUT2D eigenvalue weighted by Gasteiger charge is 2.16. The molecule has 3 heteroatoms. The van der Waals surface area contributed by atoms with Crippen LogP contribution in [0.15, 0.2) is 36.4 Å². The van der Waals surface area contributed by atoms with Gasteiger partial charge in [-0.05, 0) is 49.2 Å². The van der Waals surface area contributed by atoms with Crippen molar-refractivity contribution in [3.05, 3.63) is 63.7 Å². The third-order valence-electron chi connectivity index (χ3n) is 2.98. The van der Waals surface area contributed by atoms with Crippen LogP contribution in [0, 0.1) is 13.8 Å². The molecule has 18 heavy (non-hydrogen) atoms. The van der Waals surface area contributed by atoms with Gasteiger partial charge in [0.25, 0.3) is 0 Å². The van der Waals surface area contributed by atoms with Crippen LogP contribution >= 0.6 is 11.6 Å². The van der Waals surface area contributed by atoms with Gasteiger partial charge in [0, 0.05) is 5.56 Å². The molecule has 2 rings (SSSR count). The molecule has 0 radical (unpaired) electrons. The van der Waals surface area contributed by atoms with E-state index in [0.29, 0.717) is 10.6 Å². The Hall–Kier alpha value is -1.80. The Morgan fingerprint density at radius 2 is 1.67 bits per heavy atom. The highest BCUT2D eigenvalue weighted by Crippen LogP contribution is 2.27. The van der Waals surface area contributed by atoms with Crippen LogP contribution in [0.3, 0.4) is 0 Å². The Morgan fingerprint density at radius 3 is 2.33 bits per heavy atom. The smallest absolute Gasteiger partial charge is 0.198 e. The van der Waals surface area contributed by atoms with Crippen LogP contribution in [0.1, 0.15) is 27.0 Å². The van der Waals surface area contributed by atoms with Gasteiger partial charge < -0.3 is 5.11 Å². The normalized spacial score (nSPS) is 10.4. The summed E-state index contributed by atoms with van der Waals surface area (Å²) < 4.78 is 0. The largest absolute Gasteiger partial charge is 0.507 e. The third-order valence-corrected chi connectivity index (χ3v) is 3.30. The van der Waals surface area contributed by atoms with Crippen LogP contribution in [0.2, 0.25) is 5.02 Å². The van der Waals surface area contributed by atoms with Gasteiger partial charge in [0.15, 0.2) is 5.78 Å². The predicted molar refractivity (Wildman–Crippen MR) is 72.5 cm³/mol. The second-order valence-corrected chi connectivity index (χ2v) is 4.67. The second-order valence-electron chi connectivity index (χ2n) is 4.26. The fraction of sp³-hybridized carbons (Fsp3) is 0.133. The minimum atomic E-state index is -0.263. The highest BCUT2D eigenvalue weighted by atomic mass is 35.5. The lowest BCUT2D eigenvalue weighted by molar-refractivity contribution is 0.103. The molecule has 0 saturated heterocycles. The Balaban J connectivity index is 2.53. The van der Waals surface area contributed by atoms with Crippen LogP contribution in [0.25, 0.3) is 0 Å². The minimum Gasteiger partial charge on any atom is -0.507 e. The maximum absolute atomic E-state index is 12.3. The van der Waals surface area contributed by atoms with Crippen LogP contribution in [-0.2, 0) is 0 Å². The standard InChI is InChI=1S/C15H13ClO2/c1-9-7-12(14(17)8-10(9)2)15(18)11-5-3-4-6-13(11)16/h3-8,17H,1-2H3. The molecule has 0 bridgehead atoms. The van der Waals surface area contributed by atoms with Gasteiger partial charge in [0.1, 0.15) is 5.75 Å². The van der Waals surface area contributed by atoms with Crippen LogP contribution < -0.4 is 0 Å². The summed E-state index contributed by atoms with van der Waals surface area (Å²) in [4.78, 5) is 12.3. The fourth-order valence-corrected chi connectivity index (χ4v) is 1.99. The molecule has 0 amide bonds. The minimum absolute atomic E-state index is 0.0111. The van der Waals surface area contributed by atoms with Gasteiger partial charge in [-0.2, -0.15) is 0 Å². The average molecular weight is 261 g/mol. The molecule has 0 unspecified atom stereocenters. The average Bonchev–Trinajstić information content (AvgIpc) is 2.33. The van der Waals surface area contributed by atoms with Crippen molar-refractivity contribution in [2.75, 3.05) is 0 Å². The van der Waals surface area contributed by atoms with Crippen LogP contribution in [0.4, 0.5) is 0 Å². The molecule has 0 aliphatic carbocycles. The Kier molecular flexibility index (Phi) is 3.39. The van der Waals surface area contributed by atoms with Crippen molar-refractivity contribution in [3.63, 3.8) is 0 Å². The molecule has 0 fully saturated rings. The number of rotatable bonds is 2. The molecule has 92 valence electrons. The van der Waals surface area contributed by atoms with Crippen molar-refractivity contribution in [1.29, 1.82) is 0 Å². The van der Waals surface area contributed by atoms with E-state index in [1.54, 1.807) is 36.4 Å². The van der Waals surface area contributed by atoms with Crippen molar-refractivity contribution in [2.45, 2.75) is 13.8 Å². The molecule has 0 aromatic heterocycles. The number of carbonyl (C=O) groups excluding carboxylic acids is 1. The molecular formula is C15H13ClO2. The quantitative estimate of drug-likeness (QED) is 0.832. The van der Waals surface area contributed by atoms with E-state index in [4.69, 9.17) is 11.6 Å². The summed E-state index contributed by atoms with van der Waals surface area (Å²) in [6.45, 7) is 3.79. The van der Waals surface area contributed by atoms with E-state index in [1.807, 2.05) is 13.8 Å². The SMILES string of the molecule is Cc1cc(O)c(C(=O)c2ccccc2Cl)cc1C. The number of ketones is 1. The van der Waals surface area contributed by atoms with Crippen molar-refractivity contribution < 1.29 is 9.90 Å². The molecule has 2 aromatic carbocycles. The summed E-state index contributed by atoms with van der Waals surface area (Å²) in [5.41, 5.74) is 2.59. The van der Waals surface area contributed by atoms with Crippen LogP contribution in [0.5, 0.6) is 5.75 Å². The lowest BCUT2D eigenvalue weighted by Gasteiger charge is -2.08. The van der Waals surface area contributed by atoms with E-state index >= 15 is 0 Å². The van der Waals surface area contributed by atoms with E-state index < -0.39 is 0 Å². The predicted octanol–water partition coefficient (Wildman–Crippen LogP) is 3.89. The number of hydrogen-bond donors (Lipinski definition) is 1. The van der Waals surface area contributed by atoms with Crippen molar-refractivity contribution in [2.24, 2.45) is 0 Å². The third kappa shape index (κ3) is 2.24. The van der Waals surface area contributed by atoms with Crippen LogP contribution in [-0.4, -0.2) is 10.9 Å². The first-order valence-corrected chi connectivity index (χ1v) is 5.98. The Morgan fingerprint density at radius 1 is 1.06 bits per heavy atom. The number of aryl methyl sites for hydroxylation is 2. The number of aromatic hydroxyl groups is 1. The van der Waals surface area contributed by atoms with E-state index in [2.05, 4.69) is 0 Å². The lowest BCUT2D eigenvalue weighted by atomic mass is 9.98. The second kappa shape index (κ2) is 4.83. The van der Waals surface area contributed by atoms with E-state index in [0.717, 1.165) is 11.1 Å². The number of halogens is 1. The number of carbonyl (C=O) groups is 1. The molecule has 0 aliphatic rings. The first-order valence-electron chi connectivity index (χ1n) is 5.60. The number of phenolic OH excluding ortho intramolecular Hbond substituents is 1. The maximum atomic E-state index is 12.3. The highest BCUT2D eigenvalue weighted by molar-refractivity contribution is 6.35. The van der Waals surface area contributed by atoms with Gasteiger partial charge in [0.2, 0.25) is 0 Å². The van der Waals surface area contributed by atoms with Crippen molar-refractivity contribution >= 4 is 17.4 Å². The zero-order chi connectivity index (χ0) is 13.3. The molecule has 2 aromatic rings. The maximum Gasteiger partial charge on any atom is 0.198 e. The summed E-state index contributed by atoms with van der Waals surface area (Å²) in [5.74, 6) is -0.274. The topological polar surface area (TPSA) is 37.3 Å². The molecule has 0 aliphatic heterocycles. The van der Waals surface area contributed by atoms with Gasteiger partial charge in [-0.3, -0.25) is 4.79 Å². The fourth-order valence-electron chi connectivity index (χ4n) is 1.77. The first-order chi connectivity index (χ1) is 8.50. The Bertz CT molecular complexity index is 618. The molecule has 1 N–H and O–H groups in total. The van der Waals surface area contributed by atoms with E-state index in [1.165, 1.54) is 0 Å². The molecule has 0 heterocycles. The Labute approximate surface area is 111 Å². The summed E-state index contributed by atoms with van der Waals surface area (Å²) in [6.07, 6.45) is 0. The molecule has 2 nitrogen and oxygen atoms in total. The van der Waals surface area contributed by atoms with Crippen molar-refractivity contribution in [3.8, 4) is 5.75 Å². The first kappa shape index (κ1) is 12.7. The van der Waals surface area contributed by atoms with Gasteiger partial charge >= 0.3 is 0 Å². The van der Waals surface area contributed by atoms with E-state index in [9.17, 15) is 9.90 Å². The summed E-state index contributed by atoms with van der Waals surface area (Å²) in [7, 11) is 0. The molecule has 0 spiro atoms. The van der Waals surface area contributed by atoms with Gasteiger partial charge in [-0.25, -0.2) is 0 Å². The molecular weight excluding hydrogens is 248 g/mol. The zero-order valence-corrected chi connectivity index (χ0v) is 11.0. The van der Waals surface area contributed by atoms with Gasteiger partial charge in [-0.1, -0.05) is 23.7 Å². The number of hydrogen-bond acceptors (Lipinski definition) is 2. The van der Waals surface area contributed by atoms with E-state index in [-0.39, 0.29) is 17.1 Å². The van der Waals surface area contributed by atoms with Gasteiger partial charge in [0.05, 0.1) is 10.6 Å². The summed E-state index contributed by atoms with van der Waals surface area (Å²) >= 11 is 5.99. The summed E-state index contributed by atoms with van der Waals surface area (Å²) in [5, 5.41) is 10.3. The zero-order valence-electron chi connectivity index (χ0n) is 10.2. The number of phenols is 1. The lowest BCUT2D eigenvalue weighted by Crippen LogP contribution is -2.03.